The Labute approximate surface area is 164 Å². The van der Waals surface area contributed by atoms with E-state index in [0.717, 1.165) is 24.2 Å². The molecule has 0 bridgehead atoms. The Kier molecular flexibility index (Phi) is 42.2. The molecular weight excluding hydrogens is 323 g/mol. The maximum absolute atomic E-state index is 12.3. The molecule has 154 valence electrons. The molecule has 3 heteroatoms. The van der Waals surface area contributed by atoms with Gasteiger partial charge in [-0.2, -0.15) is 0 Å². The second-order valence-corrected chi connectivity index (χ2v) is 5.39. The summed E-state index contributed by atoms with van der Waals surface area (Å²) in [5, 5.41) is 0. The van der Waals surface area contributed by atoms with E-state index in [1.165, 1.54) is 17.2 Å². The molecule has 0 radical (unpaired) electrons. The Morgan fingerprint density at radius 3 is 1.42 bits per heavy atom. The predicted molar refractivity (Wildman–Crippen MR) is 124 cm³/mol. The second-order valence-electron chi connectivity index (χ2n) is 5.39. The maximum atomic E-state index is 12.3. The zero-order chi connectivity index (χ0) is 22.1. The molecule has 2 nitrogen and oxygen atoms in total. The lowest BCUT2D eigenvalue weighted by Crippen LogP contribution is -1.73. The van der Waals surface area contributed by atoms with Crippen LogP contribution in [0.25, 0.3) is 0 Å². The summed E-state index contributed by atoms with van der Waals surface area (Å²) in [4.78, 5) is 7.56. The zero-order valence-corrected chi connectivity index (χ0v) is 19.5. The van der Waals surface area contributed by atoms with Gasteiger partial charge in [0.15, 0.2) is 0 Å². The van der Waals surface area contributed by atoms with Crippen molar-refractivity contribution in [3.05, 3.63) is 47.5 Å². The van der Waals surface area contributed by atoms with Crippen molar-refractivity contribution in [1.82, 2.24) is 0 Å². The van der Waals surface area contributed by atoms with E-state index < -0.39 is 0 Å². The fourth-order valence-electron chi connectivity index (χ4n) is 0.684. The van der Waals surface area contributed by atoms with Gasteiger partial charge in [-0.25, -0.2) is 4.39 Å². The van der Waals surface area contributed by atoms with Crippen LogP contribution in [-0.2, 0) is 0 Å². The molecule has 26 heavy (non-hydrogen) atoms. The number of hydrogen-bond donors (Lipinski definition) is 0. The molecule has 0 saturated carbocycles. The molecule has 0 heterocycles. The molecule has 0 aromatic heterocycles. The summed E-state index contributed by atoms with van der Waals surface area (Å²) < 4.78 is 12.3. The van der Waals surface area contributed by atoms with Gasteiger partial charge in [0, 0.05) is 12.2 Å². The van der Waals surface area contributed by atoms with Crippen LogP contribution in [0, 0.1) is 0 Å². The zero-order valence-electron chi connectivity index (χ0n) is 19.5. The van der Waals surface area contributed by atoms with Crippen molar-refractivity contribution in [2.45, 2.75) is 82.6 Å². The van der Waals surface area contributed by atoms with E-state index in [-0.39, 0.29) is 5.83 Å². The molecule has 0 aliphatic rings. The number of rotatable bonds is 4. The van der Waals surface area contributed by atoms with Gasteiger partial charge in [0.05, 0.1) is 0 Å². The molecule has 0 atom stereocenters. The highest BCUT2D eigenvalue weighted by Gasteiger charge is 1.90. The Balaban J connectivity index is -0.0000000751. The van der Waals surface area contributed by atoms with E-state index in [4.69, 9.17) is 0 Å². The third-order valence-corrected chi connectivity index (χ3v) is 2.44. The van der Waals surface area contributed by atoms with Crippen LogP contribution >= 0.6 is 0 Å². The van der Waals surface area contributed by atoms with Gasteiger partial charge in [-0.15, -0.1) is 6.58 Å². The van der Waals surface area contributed by atoms with Gasteiger partial charge in [-0.1, -0.05) is 38.5 Å². The largest absolute Gasteiger partial charge is 0.298 e. The molecule has 0 aliphatic carbocycles. The normalized spacial score (nSPS) is 9.23. The van der Waals surface area contributed by atoms with Crippen molar-refractivity contribution in [3.8, 4) is 0 Å². The van der Waals surface area contributed by atoms with Gasteiger partial charge in [-0.05, 0) is 86.4 Å². The molecule has 0 N–H and O–H groups in total. The molecule has 0 fully saturated rings. The summed E-state index contributed by atoms with van der Waals surface area (Å²) in [6.45, 7) is 32.7. The van der Waals surface area contributed by atoms with Gasteiger partial charge in [-0.3, -0.25) is 9.98 Å². The van der Waals surface area contributed by atoms with E-state index in [0.29, 0.717) is 0 Å². The first-order valence-electron chi connectivity index (χ1n) is 9.20. The molecule has 0 aromatic rings. The van der Waals surface area contributed by atoms with Gasteiger partial charge >= 0.3 is 0 Å². The lowest BCUT2D eigenvalue weighted by molar-refractivity contribution is 0.648. The highest BCUT2D eigenvalue weighted by Crippen LogP contribution is 2.08. The van der Waals surface area contributed by atoms with Crippen molar-refractivity contribution < 1.29 is 4.39 Å². The minimum Gasteiger partial charge on any atom is -0.298 e. The van der Waals surface area contributed by atoms with Crippen molar-refractivity contribution in [2.75, 3.05) is 6.54 Å². The fourth-order valence-corrected chi connectivity index (χ4v) is 0.684. The van der Waals surface area contributed by atoms with Crippen LogP contribution in [0.2, 0.25) is 0 Å². The topological polar surface area (TPSA) is 24.7 Å². The summed E-state index contributed by atoms with van der Waals surface area (Å²) in [6, 6.07) is 0. The first-order valence-corrected chi connectivity index (χ1v) is 9.20. The lowest BCUT2D eigenvalue weighted by atomic mass is 10.2. The number of nitrogens with zero attached hydrogens (tertiary/aromatic N) is 2. The quantitative estimate of drug-likeness (QED) is 0.270. The number of hydrogen-bond acceptors (Lipinski definition) is 2. The minimum atomic E-state index is -0.187. The van der Waals surface area contributed by atoms with E-state index in [2.05, 4.69) is 29.9 Å². The molecular formula is C23H45FN2. The predicted octanol–water partition coefficient (Wildman–Crippen LogP) is 8.53. The third-order valence-electron chi connectivity index (χ3n) is 2.44. The summed E-state index contributed by atoms with van der Waals surface area (Å²) in [5.41, 5.74) is 4.19. The molecule has 0 aliphatic heterocycles. The second kappa shape index (κ2) is 31.0. The number of allylic oxidation sites excluding steroid dienone is 6. The van der Waals surface area contributed by atoms with Crippen molar-refractivity contribution >= 4 is 12.9 Å². The average molecular weight is 369 g/mol. The van der Waals surface area contributed by atoms with Crippen LogP contribution in [0.4, 0.5) is 4.39 Å². The smallest absolute Gasteiger partial charge is 0.121 e. The van der Waals surface area contributed by atoms with Gasteiger partial charge in [0.25, 0.3) is 0 Å². The SMILES string of the molecule is C=C(C)C.C=C/C(F)=C(/C)CC.C=NC(C)=C(C)C.CC.CC=NCC. The van der Waals surface area contributed by atoms with E-state index >= 15 is 0 Å². The fraction of sp³-hybridized carbons (Fsp3) is 0.565. The van der Waals surface area contributed by atoms with Crippen LogP contribution in [0.15, 0.2) is 57.5 Å². The third kappa shape index (κ3) is 49.5. The van der Waals surface area contributed by atoms with Crippen LogP contribution in [-0.4, -0.2) is 19.5 Å². The molecule has 0 spiro atoms. The summed E-state index contributed by atoms with van der Waals surface area (Å²) in [6.07, 6.45) is 3.80. The van der Waals surface area contributed by atoms with E-state index in [1.807, 2.05) is 69.2 Å². The summed E-state index contributed by atoms with van der Waals surface area (Å²) in [7, 11) is 0. The first-order chi connectivity index (χ1) is 12.0. The molecule has 0 saturated heterocycles. The lowest BCUT2D eigenvalue weighted by Gasteiger charge is -1.92. The van der Waals surface area contributed by atoms with Crippen molar-refractivity contribution in [1.29, 1.82) is 0 Å². The van der Waals surface area contributed by atoms with Crippen LogP contribution < -0.4 is 0 Å². The Morgan fingerprint density at radius 2 is 1.38 bits per heavy atom. The number of halogens is 1. The Morgan fingerprint density at radius 1 is 1.00 bits per heavy atom. The maximum Gasteiger partial charge on any atom is 0.121 e. The molecule has 0 unspecified atom stereocenters. The van der Waals surface area contributed by atoms with Crippen molar-refractivity contribution in [3.63, 3.8) is 0 Å². The molecule has 0 amide bonds. The van der Waals surface area contributed by atoms with Gasteiger partial charge in [0.2, 0.25) is 0 Å². The van der Waals surface area contributed by atoms with Crippen LogP contribution in [0.5, 0.6) is 0 Å². The standard InChI is InChI=1S/C7H11F.C6H11N.C4H9N.C4H8.C2H6/c1-4-6(3)7(8)5-2;1-5(2)6(3)7-4;1-3-5-4-2;1-4(2)3;1-2/h5H,2,4H2,1,3H3;4H2,1-3H3;3H,4H2,1-2H3;1H2,2-3H3;1-2H3/b7-6+;;;;. The first kappa shape index (κ1) is 35.4. The Hall–Kier alpha value is -1.77. The van der Waals surface area contributed by atoms with Crippen molar-refractivity contribution in [2.24, 2.45) is 9.98 Å². The molecule has 0 aromatic carbocycles. The number of aliphatic imine (C=N–C) groups is 2. The Bertz CT molecular complexity index is 419. The average Bonchev–Trinajstić information content (AvgIpc) is 2.62. The van der Waals surface area contributed by atoms with Crippen LogP contribution in [0.3, 0.4) is 0 Å². The highest BCUT2D eigenvalue weighted by molar-refractivity contribution is 5.52. The summed E-state index contributed by atoms with van der Waals surface area (Å²) >= 11 is 0. The summed E-state index contributed by atoms with van der Waals surface area (Å²) in [5.74, 6) is -0.187. The highest BCUT2D eigenvalue weighted by atomic mass is 19.1. The van der Waals surface area contributed by atoms with E-state index in [9.17, 15) is 4.39 Å². The minimum absolute atomic E-state index is 0.187. The van der Waals surface area contributed by atoms with Gasteiger partial charge < -0.3 is 0 Å². The van der Waals surface area contributed by atoms with E-state index in [1.54, 1.807) is 13.1 Å². The molecule has 0 rings (SSSR count). The van der Waals surface area contributed by atoms with Gasteiger partial charge in [0.1, 0.15) is 5.83 Å². The van der Waals surface area contributed by atoms with Crippen LogP contribution in [0.1, 0.15) is 82.6 Å². The monoisotopic (exact) mass is 368 g/mol.